The first-order chi connectivity index (χ1) is 10.2. The van der Waals surface area contributed by atoms with Crippen molar-refractivity contribution in [2.75, 3.05) is 6.61 Å². The van der Waals surface area contributed by atoms with Crippen LogP contribution in [-0.2, 0) is 0 Å². The third-order valence-corrected chi connectivity index (χ3v) is 6.56. The Morgan fingerprint density at radius 2 is 1.95 bits per heavy atom. The SMILES string of the molecule is CC(=CCO)CCC1=C(C)C(O)CC2C(C)(C)CCCC12C. The Morgan fingerprint density at radius 3 is 2.59 bits per heavy atom. The standard InChI is InChI=1S/C20H34O2/c1-14(9-12-21)7-8-16-15(2)17(22)13-18-19(3,4)10-6-11-20(16,18)5/h9,17-18,21-22H,6-8,10-13H2,1-5H3. The summed E-state index contributed by atoms with van der Waals surface area (Å²) in [6, 6.07) is 0. The van der Waals surface area contributed by atoms with Crippen LogP contribution < -0.4 is 0 Å². The molecule has 2 heteroatoms. The van der Waals surface area contributed by atoms with Crippen LogP contribution in [0.5, 0.6) is 0 Å². The second-order valence-corrected chi connectivity index (χ2v) is 8.46. The van der Waals surface area contributed by atoms with Crippen molar-refractivity contribution in [2.45, 2.75) is 79.2 Å². The van der Waals surface area contributed by atoms with Crippen LogP contribution in [0.3, 0.4) is 0 Å². The lowest BCUT2D eigenvalue weighted by Crippen LogP contribution is -2.48. The maximum Gasteiger partial charge on any atom is 0.0753 e. The number of aliphatic hydroxyl groups is 2. The summed E-state index contributed by atoms with van der Waals surface area (Å²) in [6.07, 6.45) is 8.38. The average Bonchev–Trinajstić information content (AvgIpc) is 2.41. The Kier molecular flexibility index (Phi) is 5.23. The van der Waals surface area contributed by atoms with Crippen molar-refractivity contribution in [1.29, 1.82) is 0 Å². The van der Waals surface area contributed by atoms with E-state index in [4.69, 9.17) is 5.11 Å². The molecule has 3 atom stereocenters. The molecular formula is C20H34O2. The van der Waals surface area contributed by atoms with Gasteiger partial charge in [0.1, 0.15) is 0 Å². The average molecular weight is 306 g/mol. The van der Waals surface area contributed by atoms with E-state index in [1.54, 1.807) is 0 Å². The molecule has 0 aliphatic heterocycles. The molecule has 1 fully saturated rings. The van der Waals surface area contributed by atoms with E-state index in [1.165, 1.54) is 36.0 Å². The monoisotopic (exact) mass is 306 g/mol. The molecule has 126 valence electrons. The van der Waals surface area contributed by atoms with Crippen LogP contribution in [0.1, 0.15) is 73.1 Å². The third-order valence-electron chi connectivity index (χ3n) is 6.56. The largest absolute Gasteiger partial charge is 0.392 e. The van der Waals surface area contributed by atoms with Gasteiger partial charge in [0.25, 0.3) is 0 Å². The van der Waals surface area contributed by atoms with E-state index >= 15 is 0 Å². The molecule has 2 N–H and O–H groups in total. The molecule has 0 aromatic rings. The quantitative estimate of drug-likeness (QED) is 0.744. The van der Waals surface area contributed by atoms with Crippen LogP contribution in [0.15, 0.2) is 22.8 Å². The summed E-state index contributed by atoms with van der Waals surface area (Å²) in [4.78, 5) is 0. The molecule has 0 heterocycles. The highest BCUT2D eigenvalue weighted by Gasteiger charge is 2.51. The van der Waals surface area contributed by atoms with E-state index in [1.807, 2.05) is 6.08 Å². The Labute approximate surface area is 136 Å². The summed E-state index contributed by atoms with van der Waals surface area (Å²) in [6.45, 7) is 11.6. The van der Waals surface area contributed by atoms with E-state index in [9.17, 15) is 5.11 Å². The maximum atomic E-state index is 10.6. The molecule has 2 rings (SSSR count). The molecule has 0 radical (unpaired) electrons. The lowest BCUT2D eigenvalue weighted by Gasteiger charge is -2.56. The van der Waals surface area contributed by atoms with Crippen molar-refractivity contribution in [3.63, 3.8) is 0 Å². The van der Waals surface area contributed by atoms with Gasteiger partial charge in [-0.25, -0.2) is 0 Å². The lowest BCUT2D eigenvalue weighted by molar-refractivity contribution is -0.0208. The number of fused-ring (bicyclic) bond motifs is 1. The Balaban J connectivity index is 2.31. The molecule has 1 saturated carbocycles. The van der Waals surface area contributed by atoms with E-state index < -0.39 is 0 Å². The summed E-state index contributed by atoms with van der Waals surface area (Å²) in [7, 11) is 0. The molecule has 0 aromatic heterocycles. The molecule has 0 bridgehead atoms. The summed E-state index contributed by atoms with van der Waals surface area (Å²) < 4.78 is 0. The number of rotatable bonds is 4. The van der Waals surface area contributed by atoms with Crippen LogP contribution in [0, 0.1) is 16.7 Å². The van der Waals surface area contributed by atoms with E-state index in [2.05, 4.69) is 34.6 Å². The molecule has 3 unspecified atom stereocenters. The normalized spacial score (nSPS) is 35.5. The van der Waals surface area contributed by atoms with E-state index in [-0.39, 0.29) is 18.1 Å². The van der Waals surface area contributed by atoms with E-state index in [0.717, 1.165) is 19.3 Å². The zero-order valence-electron chi connectivity index (χ0n) is 15.1. The van der Waals surface area contributed by atoms with Gasteiger partial charge in [-0.1, -0.05) is 44.4 Å². The highest BCUT2D eigenvalue weighted by atomic mass is 16.3. The number of allylic oxidation sites excluding steroid dienone is 2. The van der Waals surface area contributed by atoms with Crippen molar-refractivity contribution in [1.82, 2.24) is 0 Å². The van der Waals surface area contributed by atoms with Crippen molar-refractivity contribution in [3.8, 4) is 0 Å². The first-order valence-electron chi connectivity index (χ1n) is 8.87. The molecule has 0 aromatic carbocycles. The Hall–Kier alpha value is -0.600. The highest BCUT2D eigenvalue weighted by Crippen LogP contribution is 2.60. The summed E-state index contributed by atoms with van der Waals surface area (Å²) in [5, 5.41) is 19.6. The maximum absolute atomic E-state index is 10.6. The molecule has 2 aliphatic carbocycles. The summed E-state index contributed by atoms with van der Waals surface area (Å²) >= 11 is 0. The summed E-state index contributed by atoms with van der Waals surface area (Å²) in [5.41, 5.74) is 4.52. The molecule has 0 amide bonds. The summed E-state index contributed by atoms with van der Waals surface area (Å²) in [5.74, 6) is 0.574. The fraction of sp³-hybridized carbons (Fsp3) is 0.800. The smallest absolute Gasteiger partial charge is 0.0753 e. The second-order valence-electron chi connectivity index (χ2n) is 8.46. The van der Waals surface area contributed by atoms with Crippen molar-refractivity contribution in [2.24, 2.45) is 16.7 Å². The van der Waals surface area contributed by atoms with Gasteiger partial charge in [0, 0.05) is 0 Å². The van der Waals surface area contributed by atoms with Gasteiger partial charge in [-0.2, -0.15) is 0 Å². The molecule has 2 nitrogen and oxygen atoms in total. The van der Waals surface area contributed by atoms with Crippen LogP contribution in [0.25, 0.3) is 0 Å². The van der Waals surface area contributed by atoms with Gasteiger partial charge in [0.05, 0.1) is 12.7 Å². The topological polar surface area (TPSA) is 40.5 Å². The highest BCUT2D eigenvalue weighted by molar-refractivity contribution is 5.30. The van der Waals surface area contributed by atoms with Gasteiger partial charge in [0.15, 0.2) is 0 Å². The van der Waals surface area contributed by atoms with E-state index in [0.29, 0.717) is 11.3 Å². The van der Waals surface area contributed by atoms with Crippen LogP contribution in [0.2, 0.25) is 0 Å². The van der Waals surface area contributed by atoms with Crippen LogP contribution >= 0.6 is 0 Å². The van der Waals surface area contributed by atoms with Gasteiger partial charge in [-0.15, -0.1) is 0 Å². The van der Waals surface area contributed by atoms with Crippen molar-refractivity contribution >= 4 is 0 Å². The molecule has 0 saturated heterocycles. The molecule has 0 spiro atoms. The minimum atomic E-state index is -0.271. The third kappa shape index (κ3) is 3.19. The van der Waals surface area contributed by atoms with Gasteiger partial charge in [-0.05, 0) is 68.3 Å². The van der Waals surface area contributed by atoms with Gasteiger partial charge in [0.2, 0.25) is 0 Å². The van der Waals surface area contributed by atoms with Crippen molar-refractivity contribution < 1.29 is 10.2 Å². The zero-order chi connectivity index (χ0) is 16.5. The number of hydrogen-bond acceptors (Lipinski definition) is 2. The van der Waals surface area contributed by atoms with Gasteiger partial charge in [-0.3, -0.25) is 0 Å². The minimum Gasteiger partial charge on any atom is -0.392 e. The van der Waals surface area contributed by atoms with Crippen LogP contribution in [-0.4, -0.2) is 22.9 Å². The minimum absolute atomic E-state index is 0.124. The van der Waals surface area contributed by atoms with Gasteiger partial charge < -0.3 is 10.2 Å². The zero-order valence-corrected chi connectivity index (χ0v) is 15.1. The lowest BCUT2D eigenvalue weighted by atomic mass is 9.49. The number of hydrogen-bond donors (Lipinski definition) is 2. The predicted octanol–water partition coefficient (Wildman–Crippen LogP) is 4.62. The fourth-order valence-electron chi connectivity index (χ4n) is 5.18. The number of aliphatic hydroxyl groups excluding tert-OH is 2. The van der Waals surface area contributed by atoms with Crippen molar-refractivity contribution in [3.05, 3.63) is 22.8 Å². The van der Waals surface area contributed by atoms with Gasteiger partial charge >= 0.3 is 0 Å². The molecule has 22 heavy (non-hydrogen) atoms. The fourth-order valence-corrected chi connectivity index (χ4v) is 5.18. The first kappa shape index (κ1) is 17.7. The Bertz CT molecular complexity index is 472. The first-order valence-corrected chi connectivity index (χ1v) is 8.87. The van der Waals surface area contributed by atoms with Crippen LogP contribution in [0.4, 0.5) is 0 Å². The Morgan fingerprint density at radius 1 is 1.27 bits per heavy atom. The predicted molar refractivity (Wildman–Crippen MR) is 92.6 cm³/mol. The molecular weight excluding hydrogens is 272 g/mol. The molecule has 2 aliphatic rings. The second kappa shape index (κ2) is 6.49.